The molecule has 1 aromatic rings. The Morgan fingerprint density at radius 2 is 2.00 bits per heavy atom. The number of aromatic nitrogens is 2. The van der Waals surface area contributed by atoms with E-state index in [2.05, 4.69) is 15.3 Å². The van der Waals surface area contributed by atoms with Gasteiger partial charge in [-0.15, -0.1) is 0 Å². The summed E-state index contributed by atoms with van der Waals surface area (Å²) in [6.07, 6.45) is 6.52. The number of ether oxygens (including phenoxy) is 1. The van der Waals surface area contributed by atoms with Crippen molar-refractivity contribution in [2.24, 2.45) is 11.8 Å². The van der Waals surface area contributed by atoms with Crippen molar-refractivity contribution < 1.29 is 9.53 Å². The van der Waals surface area contributed by atoms with E-state index in [1.165, 1.54) is 32.0 Å². The van der Waals surface area contributed by atoms with Gasteiger partial charge < -0.3 is 9.64 Å². The van der Waals surface area contributed by atoms with Crippen molar-refractivity contribution in [3.05, 3.63) is 12.4 Å². The average molecular weight is 276 g/mol. The molecule has 0 radical (unpaired) electrons. The summed E-state index contributed by atoms with van der Waals surface area (Å²) < 4.78 is 5.02. The summed E-state index contributed by atoms with van der Waals surface area (Å²) in [4.78, 5) is 22.1. The standard InChI is InChI=1S/C14H20N4O2/c1-20-13-6-12(15-9-16-13)17-14(19)18-7-10-4-2-3-5-11(10)8-18/h6,9-11H,2-5,7-8H2,1H3,(H,15,16,17,19)/t10-,11-/m0/s1. The molecule has 0 bridgehead atoms. The molecular formula is C14H20N4O2. The number of anilines is 1. The minimum Gasteiger partial charge on any atom is -0.481 e. The molecule has 2 amide bonds. The van der Waals surface area contributed by atoms with Crippen LogP contribution in [0.15, 0.2) is 12.4 Å². The Morgan fingerprint density at radius 1 is 1.30 bits per heavy atom. The molecule has 1 saturated heterocycles. The van der Waals surface area contributed by atoms with Gasteiger partial charge in [-0.25, -0.2) is 14.8 Å². The summed E-state index contributed by atoms with van der Waals surface area (Å²) in [7, 11) is 1.54. The number of urea groups is 1. The van der Waals surface area contributed by atoms with Gasteiger partial charge in [0, 0.05) is 19.2 Å². The first-order chi connectivity index (χ1) is 9.76. The maximum atomic E-state index is 12.3. The van der Waals surface area contributed by atoms with Crippen LogP contribution in [-0.2, 0) is 0 Å². The number of rotatable bonds is 2. The van der Waals surface area contributed by atoms with Crippen LogP contribution >= 0.6 is 0 Å². The maximum absolute atomic E-state index is 12.3. The highest BCUT2D eigenvalue weighted by Gasteiger charge is 2.36. The highest BCUT2D eigenvalue weighted by atomic mass is 16.5. The van der Waals surface area contributed by atoms with Crippen molar-refractivity contribution in [3.63, 3.8) is 0 Å². The zero-order valence-corrected chi connectivity index (χ0v) is 11.7. The first-order valence-electron chi connectivity index (χ1n) is 7.18. The fourth-order valence-corrected chi connectivity index (χ4v) is 3.28. The number of hydrogen-bond donors (Lipinski definition) is 1. The van der Waals surface area contributed by atoms with E-state index in [0.717, 1.165) is 13.1 Å². The fraction of sp³-hybridized carbons (Fsp3) is 0.643. The minimum atomic E-state index is -0.0693. The van der Waals surface area contributed by atoms with Gasteiger partial charge in [0.2, 0.25) is 5.88 Å². The van der Waals surface area contributed by atoms with E-state index in [1.54, 1.807) is 13.2 Å². The Bertz CT molecular complexity index is 480. The van der Waals surface area contributed by atoms with E-state index in [4.69, 9.17) is 4.74 Å². The number of nitrogens with zero attached hydrogens (tertiary/aromatic N) is 3. The first-order valence-corrected chi connectivity index (χ1v) is 7.18. The molecule has 6 nitrogen and oxygen atoms in total. The van der Waals surface area contributed by atoms with Crippen molar-refractivity contribution in [3.8, 4) is 5.88 Å². The molecule has 2 atom stereocenters. The smallest absolute Gasteiger partial charge is 0.323 e. The molecular weight excluding hydrogens is 256 g/mol. The lowest BCUT2D eigenvalue weighted by Crippen LogP contribution is -2.33. The number of nitrogens with one attached hydrogen (secondary N) is 1. The maximum Gasteiger partial charge on any atom is 0.323 e. The predicted molar refractivity (Wildman–Crippen MR) is 74.6 cm³/mol. The van der Waals surface area contributed by atoms with Gasteiger partial charge in [0.25, 0.3) is 0 Å². The van der Waals surface area contributed by atoms with Crippen LogP contribution in [0, 0.1) is 11.8 Å². The molecule has 108 valence electrons. The van der Waals surface area contributed by atoms with Gasteiger partial charge in [-0.3, -0.25) is 5.32 Å². The van der Waals surface area contributed by atoms with E-state index >= 15 is 0 Å². The molecule has 1 aliphatic heterocycles. The number of carbonyl (C=O) groups is 1. The fourth-order valence-electron chi connectivity index (χ4n) is 3.28. The zero-order valence-electron chi connectivity index (χ0n) is 11.7. The van der Waals surface area contributed by atoms with Gasteiger partial charge in [-0.05, 0) is 24.7 Å². The van der Waals surface area contributed by atoms with Gasteiger partial charge in [0.15, 0.2) is 0 Å². The third-order valence-electron chi connectivity index (χ3n) is 4.35. The molecule has 1 N–H and O–H groups in total. The average Bonchev–Trinajstić information content (AvgIpc) is 2.91. The Morgan fingerprint density at radius 3 is 2.65 bits per heavy atom. The normalized spacial score (nSPS) is 25.1. The van der Waals surface area contributed by atoms with Crippen LogP contribution in [0.1, 0.15) is 25.7 Å². The van der Waals surface area contributed by atoms with Crippen LogP contribution in [0.4, 0.5) is 10.6 Å². The number of amides is 2. The second-order valence-corrected chi connectivity index (χ2v) is 5.59. The van der Waals surface area contributed by atoms with Crippen LogP contribution in [0.2, 0.25) is 0 Å². The number of hydrogen-bond acceptors (Lipinski definition) is 4. The largest absolute Gasteiger partial charge is 0.481 e. The molecule has 1 aliphatic carbocycles. The van der Waals surface area contributed by atoms with Gasteiger partial charge >= 0.3 is 6.03 Å². The van der Waals surface area contributed by atoms with Crippen molar-refractivity contribution in [1.29, 1.82) is 0 Å². The molecule has 2 fully saturated rings. The molecule has 1 aromatic heterocycles. The van der Waals surface area contributed by atoms with Crippen molar-refractivity contribution in [2.75, 3.05) is 25.5 Å². The minimum absolute atomic E-state index is 0.0693. The molecule has 0 unspecified atom stereocenters. The summed E-state index contributed by atoms with van der Waals surface area (Å²) in [5, 5.41) is 2.82. The van der Waals surface area contributed by atoms with Crippen molar-refractivity contribution >= 4 is 11.8 Å². The summed E-state index contributed by atoms with van der Waals surface area (Å²) >= 11 is 0. The topological polar surface area (TPSA) is 67.3 Å². The summed E-state index contributed by atoms with van der Waals surface area (Å²) in [6.45, 7) is 1.75. The number of likely N-dealkylation sites (tertiary alicyclic amines) is 1. The van der Waals surface area contributed by atoms with E-state index in [9.17, 15) is 4.79 Å². The predicted octanol–water partition coefficient (Wildman–Crippen LogP) is 2.14. The van der Waals surface area contributed by atoms with Crippen LogP contribution in [0.25, 0.3) is 0 Å². The third-order valence-corrected chi connectivity index (χ3v) is 4.35. The third kappa shape index (κ3) is 2.69. The molecule has 3 rings (SSSR count). The van der Waals surface area contributed by atoms with E-state index in [1.807, 2.05) is 4.90 Å². The number of carbonyl (C=O) groups excluding carboxylic acids is 1. The van der Waals surface area contributed by atoms with Gasteiger partial charge in [0.05, 0.1) is 7.11 Å². The molecule has 2 aliphatic rings. The molecule has 6 heteroatoms. The highest BCUT2D eigenvalue weighted by molar-refractivity contribution is 5.88. The van der Waals surface area contributed by atoms with Gasteiger partial charge in [0.1, 0.15) is 12.1 Å². The van der Waals surface area contributed by atoms with Crippen LogP contribution in [0.5, 0.6) is 5.88 Å². The van der Waals surface area contributed by atoms with Crippen LogP contribution in [-0.4, -0.2) is 41.1 Å². The lowest BCUT2D eigenvalue weighted by atomic mass is 9.82. The first kappa shape index (κ1) is 13.1. The number of fused-ring (bicyclic) bond motifs is 1. The lowest BCUT2D eigenvalue weighted by molar-refractivity contribution is 0.220. The second-order valence-electron chi connectivity index (χ2n) is 5.59. The molecule has 2 heterocycles. The highest BCUT2D eigenvalue weighted by Crippen LogP contribution is 2.36. The molecule has 0 aromatic carbocycles. The van der Waals surface area contributed by atoms with Gasteiger partial charge in [-0.2, -0.15) is 0 Å². The summed E-state index contributed by atoms with van der Waals surface area (Å²) in [6, 6.07) is 1.56. The van der Waals surface area contributed by atoms with E-state index in [0.29, 0.717) is 23.5 Å². The Balaban J connectivity index is 1.61. The van der Waals surface area contributed by atoms with E-state index in [-0.39, 0.29) is 6.03 Å². The van der Waals surface area contributed by atoms with Crippen LogP contribution in [0.3, 0.4) is 0 Å². The SMILES string of the molecule is COc1cc(NC(=O)N2C[C@@H]3CCCC[C@H]3C2)ncn1. The Labute approximate surface area is 118 Å². The summed E-state index contributed by atoms with van der Waals surface area (Å²) in [5.74, 6) is 2.31. The molecule has 20 heavy (non-hydrogen) atoms. The summed E-state index contributed by atoms with van der Waals surface area (Å²) in [5.41, 5.74) is 0. The Hall–Kier alpha value is -1.85. The van der Waals surface area contributed by atoms with Crippen molar-refractivity contribution in [1.82, 2.24) is 14.9 Å². The van der Waals surface area contributed by atoms with E-state index < -0.39 is 0 Å². The van der Waals surface area contributed by atoms with Crippen LogP contribution < -0.4 is 10.1 Å². The zero-order chi connectivity index (χ0) is 13.9. The molecule has 0 spiro atoms. The van der Waals surface area contributed by atoms with Gasteiger partial charge in [-0.1, -0.05) is 12.8 Å². The number of methoxy groups -OCH3 is 1. The quantitative estimate of drug-likeness (QED) is 0.898. The monoisotopic (exact) mass is 276 g/mol. The second kappa shape index (κ2) is 5.64. The lowest BCUT2D eigenvalue weighted by Gasteiger charge is -2.22. The Kier molecular flexibility index (Phi) is 3.71. The molecule has 1 saturated carbocycles. The van der Waals surface area contributed by atoms with Crippen molar-refractivity contribution in [2.45, 2.75) is 25.7 Å².